The maximum Gasteiger partial charge on any atom is 0.247 e. The van der Waals surface area contributed by atoms with Gasteiger partial charge in [-0.05, 0) is 61.6 Å². The summed E-state index contributed by atoms with van der Waals surface area (Å²) >= 11 is 0. The fraction of sp³-hybridized carbons (Fsp3) is 0.333. The maximum absolute atomic E-state index is 12.3. The maximum atomic E-state index is 12.3. The Balaban J connectivity index is 1.32. The van der Waals surface area contributed by atoms with Gasteiger partial charge < -0.3 is 9.64 Å². The minimum atomic E-state index is 0.140. The molecule has 4 rings (SSSR count). The minimum Gasteiger partial charge on any atom is -0.487 e. The summed E-state index contributed by atoms with van der Waals surface area (Å²) in [6.07, 6.45) is 10.1. The van der Waals surface area contributed by atoms with Gasteiger partial charge in [0.15, 0.2) is 0 Å². The summed E-state index contributed by atoms with van der Waals surface area (Å²) in [6, 6.07) is 13.5. The van der Waals surface area contributed by atoms with E-state index in [1.807, 2.05) is 53.4 Å². The van der Waals surface area contributed by atoms with E-state index in [1.165, 1.54) is 25.7 Å². The van der Waals surface area contributed by atoms with Gasteiger partial charge in [0.2, 0.25) is 5.91 Å². The average molecular weight is 334 g/mol. The van der Waals surface area contributed by atoms with E-state index < -0.39 is 0 Å². The molecule has 2 fully saturated rings. The van der Waals surface area contributed by atoms with Crippen molar-refractivity contribution in [1.82, 2.24) is 9.88 Å². The third-order valence-electron chi connectivity index (χ3n) is 5.33. The number of rotatable bonds is 5. The van der Waals surface area contributed by atoms with Crippen LogP contribution < -0.4 is 4.74 Å². The third-order valence-corrected chi connectivity index (χ3v) is 5.33. The number of amides is 1. The molecule has 1 aliphatic carbocycles. The van der Waals surface area contributed by atoms with E-state index >= 15 is 0 Å². The van der Waals surface area contributed by atoms with Crippen molar-refractivity contribution in [3.8, 4) is 5.75 Å². The number of pyridine rings is 1. The molecule has 4 heteroatoms. The first-order valence-electron chi connectivity index (χ1n) is 8.88. The van der Waals surface area contributed by atoms with Crippen molar-refractivity contribution in [3.05, 3.63) is 66.0 Å². The number of benzene rings is 1. The highest BCUT2D eigenvalue weighted by molar-refractivity contribution is 5.93. The Hall–Kier alpha value is -2.62. The predicted octanol–water partition coefficient (Wildman–Crippen LogP) is 3.83. The Morgan fingerprint density at radius 3 is 2.60 bits per heavy atom. The summed E-state index contributed by atoms with van der Waals surface area (Å²) in [5.74, 6) is 0.937. The molecule has 2 aromatic rings. The Bertz CT molecular complexity index is 759. The van der Waals surface area contributed by atoms with E-state index in [4.69, 9.17) is 4.74 Å². The van der Waals surface area contributed by atoms with Gasteiger partial charge in [0, 0.05) is 24.4 Å². The molecule has 2 aliphatic rings. The van der Waals surface area contributed by atoms with Crippen LogP contribution in [0.25, 0.3) is 6.08 Å². The van der Waals surface area contributed by atoms with Crippen LogP contribution in [0.1, 0.15) is 36.9 Å². The van der Waals surface area contributed by atoms with E-state index in [-0.39, 0.29) is 11.4 Å². The van der Waals surface area contributed by atoms with E-state index in [2.05, 4.69) is 4.98 Å². The van der Waals surface area contributed by atoms with E-state index in [0.717, 1.165) is 23.6 Å². The number of hydrogen-bond acceptors (Lipinski definition) is 3. The third kappa shape index (κ3) is 3.29. The molecular formula is C21H22N2O2. The summed E-state index contributed by atoms with van der Waals surface area (Å²) in [7, 11) is 0. The van der Waals surface area contributed by atoms with Gasteiger partial charge in [-0.15, -0.1) is 0 Å². The molecule has 0 radical (unpaired) electrons. The molecule has 25 heavy (non-hydrogen) atoms. The Labute approximate surface area is 148 Å². The van der Waals surface area contributed by atoms with Crippen LogP contribution in [0.2, 0.25) is 0 Å². The summed E-state index contributed by atoms with van der Waals surface area (Å²) in [6.45, 7) is 1.36. The molecule has 0 N–H and O–H groups in total. The fourth-order valence-electron chi connectivity index (χ4n) is 3.56. The second-order valence-corrected chi connectivity index (χ2v) is 6.83. The number of hydrogen-bond donors (Lipinski definition) is 0. The zero-order valence-electron chi connectivity index (χ0n) is 14.2. The number of likely N-dealkylation sites (tertiary alicyclic amines) is 1. The Kier molecular flexibility index (Phi) is 4.26. The van der Waals surface area contributed by atoms with Gasteiger partial charge in [0.05, 0.1) is 5.69 Å². The zero-order valence-corrected chi connectivity index (χ0v) is 14.2. The molecule has 0 bridgehead atoms. The van der Waals surface area contributed by atoms with Crippen molar-refractivity contribution in [2.75, 3.05) is 6.54 Å². The van der Waals surface area contributed by atoms with Gasteiger partial charge in [-0.2, -0.15) is 0 Å². The van der Waals surface area contributed by atoms with Crippen molar-refractivity contribution >= 4 is 12.0 Å². The van der Waals surface area contributed by atoms with Gasteiger partial charge in [0.1, 0.15) is 12.4 Å². The van der Waals surface area contributed by atoms with E-state index in [0.29, 0.717) is 6.61 Å². The number of ether oxygens (including phenoxy) is 1. The lowest BCUT2D eigenvalue weighted by molar-refractivity contribution is -0.149. The van der Waals surface area contributed by atoms with Crippen LogP contribution >= 0.6 is 0 Å². The topological polar surface area (TPSA) is 42.4 Å². The van der Waals surface area contributed by atoms with E-state index in [9.17, 15) is 4.79 Å². The van der Waals surface area contributed by atoms with Crippen molar-refractivity contribution < 1.29 is 9.53 Å². The molecule has 0 unspecified atom stereocenters. The molecule has 0 atom stereocenters. The van der Waals surface area contributed by atoms with Gasteiger partial charge in [-0.3, -0.25) is 9.78 Å². The molecule has 2 heterocycles. The smallest absolute Gasteiger partial charge is 0.247 e. The summed E-state index contributed by atoms with van der Waals surface area (Å²) in [5, 5.41) is 0. The standard InChI is InChI=1S/C21H22N2O2/c24-20(23-15-13-21(23)11-3-12-21)10-7-17-5-8-19(9-6-17)25-16-18-4-1-2-14-22-18/h1-2,4-10,14H,3,11-13,15-16H2/b10-7+. The van der Waals surface area contributed by atoms with Gasteiger partial charge in [0.25, 0.3) is 0 Å². The number of carbonyl (C=O) groups is 1. The first-order chi connectivity index (χ1) is 12.3. The molecule has 1 saturated carbocycles. The summed E-state index contributed by atoms with van der Waals surface area (Å²) < 4.78 is 5.73. The van der Waals surface area contributed by atoms with Crippen LogP contribution in [-0.2, 0) is 11.4 Å². The van der Waals surface area contributed by atoms with Gasteiger partial charge in [-0.25, -0.2) is 0 Å². The zero-order chi connectivity index (χ0) is 17.1. The Morgan fingerprint density at radius 2 is 2.00 bits per heavy atom. The average Bonchev–Trinajstić information content (AvgIpc) is 2.58. The van der Waals surface area contributed by atoms with Crippen molar-refractivity contribution in [3.63, 3.8) is 0 Å². The second kappa shape index (κ2) is 6.71. The number of aromatic nitrogens is 1. The van der Waals surface area contributed by atoms with Crippen LogP contribution in [-0.4, -0.2) is 27.9 Å². The first-order valence-corrected chi connectivity index (χ1v) is 8.88. The molecule has 4 nitrogen and oxygen atoms in total. The van der Waals surface area contributed by atoms with Crippen LogP contribution in [0.5, 0.6) is 5.75 Å². The number of carbonyl (C=O) groups excluding carboxylic acids is 1. The largest absolute Gasteiger partial charge is 0.487 e. The highest BCUT2D eigenvalue weighted by atomic mass is 16.5. The monoisotopic (exact) mass is 334 g/mol. The van der Waals surface area contributed by atoms with Crippen LogP contribution in [0.3, 0.4) is 0 Å². The molecule has 1 saturated heterocycles. The summed E-state index contributed by atoms with van der Waals surface area (Å²) in [5.41, 5.74) is 2.11. The van der Waals surface area contributed by atoms with Crippen molar-refractivity contribution in [1.29, 1.82) is 0 Å². The SMILES string of the molecule is O=C(/C=C/c1ccc(OCc2ccccn2)cc1)N1CCC12CCC2. The molecular weight excluding hydrogens is 312 g/mol. The number of nitrogens with zero attached hydrogens (tertiary/aromatic N) is 2. The first kappa shape index (κ1) is 15.9. The lowest BCUT2D eigenvalue weighted by Gasteiger charge is -2.58. The van der Waals surface area contributed by atoms with Crippen LogP contribution in [0.4, 0.5) is 0 Å². The molecule has 1 aromatic carbocycles. The van der Waals surface area contributed by atoms with Crippen molar-refractivity contribution in [2.45, 2.75) is 37.8 Å². The quantitative estimate of drug-likeness (QED) is 0.781. The lowest BCUT2D eigenvalue weighted by Crippen LogP contribution is -2.65. The summed E-state index contributed by atoms with van der Waals surface area (Å²) in [4.78, 5) is 18.6. The van der Waals surface area contributed by atoms with Crippen molar-refractivity contribution in [2.24, 2.45) is 0 Å². The van der Waals surface area contributed by atoms with Crippen LogP contribution in [0.15, 0.2) is 54.7 Å². The molecule has 128 valence electrons. The normalized spacial score (nSPS) is 18.0. The highest BCUT2D eigenvalue weighted by Crippen LogP contribution is 2.47. The minimum absolute atomic E-state index is 0.140. The lowest BCUT2D eigenvalue weighted by atomic mass is 9.68. The molecule has 1 amide bonds. The highest BCUT2D eigenvalue weighted by Gasteiger charge is 2.50. The van der Waals surface area contributed by atoms with Crippen LogP contribution in [0, 0.1) is 0 Å². The second-order valence-electron chi connectivity index (χ2n) is 6.83. The fourth-order valence-corrected chi connectivity index (χ4v) is 3.56. The Morgan fingerprint density at radius 1 is 1.16 bits per heavy atom. The molecule has 1 aliphatic heterocycles. The predicted molar refractivity (Wildman–Crippen MR) is 97.0 cm³/mol. The van der Waals surface area contributed by atoms with E-state index in [1.54, 1.807) is 12.3 Å². The molecule has 1 aromatic heterocycles. The van der Waals surface area contributed by atoms with Gasteiger partial charge >= 0.3 is 0 Å². The molecule has 1 spiro atoms. The van der Waals surface area contributed by atoms with Gasteiger partial charge in [-0.1, -0.05) is 18.2 Å².